The number of guanidine groups is 1. The van der Waals surface area contributed by atoms with Crippen LogP contribution >= 0.6 is 0 Å². The van der Waals surface area contributed by atoms with Crippen LogP contribution < -0.4 is 102 Å². The number of hydrogen-bond donors (Lipinski definition) is 25. The summed E-state index contributed by atoms with van der Waals surface area (Å²) in [6, 6.07) is -0.580. The first-order valence-corrected chi connectivity index (χ1v) is 35.8. The average Bonchev–Trinajstić information content (AvgIpc) is 0.913. The number of nitrogens with two attached hydrogens (primary N) is 3. The summed E-state index contributed by atoms with van der Waals surface area (Å²) in [5.41, 5.74) is 17.8. The molecule has 10 unspecified atom stereocenters. The number of aryl methyl sites for hydroxylation is 1. The number of aliphatic hydroxyl groups excluding tert-OH is 2. The summed E-state index contributed by atoms with van der Waals surface area (Å²) in [5.74, 6) is -19.8. The van der Waals surface area contributed by atoms with Crippen LogP contribution in [-0.4, -0.2) is 257 Å². The minimum Gasteiger partial charge on any atom is -0.508 e. The first kappa shape index (κ1) is 95.9. The van der Waals surface area contributed by atoms with Gasteiger partial charge in [0.05, 0.1) is 58.5 Å². The largest absolute Gasteiger partial charge is 0.508 e. The van der Waals surface area contributed by atoms with Crippen molar-refractivity contribution in [1.82, 2.24) is 85.1 Å². The van der Waals surface area contributed by atoms with Gasteiger partial charge in [-0.15, -0.1) is 0 Å². The summed E-state index contributed by atoms with van der Waals surface area (Å²) in [5, 5.41) is 93.8. The van der Waals surface area contributed by atoms with E-state index in [1.54, 1.807) is 49.4 Å². The van der Waals surface area contributed by atoms with Crippen LogP contribution in [0, 0.1) is 17.2 Å². The van der Waals surface area contributed by atoms with Crippen molar-refractivity contribution in [2.45, 2.75) is 172 Å². The number of carbonyl (C=O) groups excluding carboxylic acids is 16. The van der Waals surface area contributed by atoms with Gasteiger partial charge in [-0.3, -0.25) is 86.9 Å². The smallest absolute Gasteiger partial charge is 0.326 e. The Morgan fingerprint density at radius 3 is 1.30 bits per heavy atom. The zero-order valence-electron chi connectivity index (χ0n) is 62.8. The third-order valence-corrected chi connectivity index (χ3v) is 16.2. The molecule has 0 aliphatic carbocycles. The van der Waals surface area contributed by atoms with Gasteiger partial charge in [-0.1, -0.05) is 83.5 Å². The molecule has 0 saturated heterocycles. The maximum absolute atomic E-state index is 13.9. The lowest BCUT2D eigenvalue weighted by molar-refractivity contribution is -0.142. The maximum atomic E-state index is 13.9. The van der Waals surface area contributed by atoms with Crippen molar-refractivity contribution in [2.24, 2.45) is 29.0 Å². The maximum Gasteiger partial charge on any atom is 0.326 e. The molecule has 112 heavy (non-hydrogen) atoms. The van der Waals surface area contributed by atoms with E-state index in [9.17, 15) is 112 Å². The van der Waals surface area contributed by atoms with Crippen LogP contribution in [0.5, 0.6) is 5.75 Å². The van der Waals surface area contributed by atoms with Crippen LogP contribution in [0.25, 0.3) is 0 Å². The molecule has 28 N–H and O–H groups in total. The molecule has 2 aromatic rings. The molecule has 0 aromatic heterocycles. The van der Waals surface area contributed by atoms with Crippen LogP contribution in [0.4, 0.5) is 0 Å². The van der Waals surface area contributed by atoms with Crippen molar-refractivity contribution in [3.8, 4) is 5.75 Å². The molecule has 0 fully saturated rings. The number of aromatic hydroxyl groups is 1. The van der Waals surface area contributed by atoms with E-state index < -0.39 is 257 Å². The summed E-state index contributed by atoms with van der Waals surface area (Å²) >= 11 is 0. The first-order valence-electron chi connectivity index (χ1n) is 35.8. The number of nitrogens with one attached hydrogen (secondary N) is 17. The molecule has 0 saturated carbocycles. The second-order valence-corrected chi connectivity index (χ2v) is 26.4. The van der Waals surface area contributed by atoms with Crippen LogP contribution in [0.1, 0.15) is 110 Å². The van der Waals surface area contributed by atoms with E-state index >= 15 is 0 Å². The third-order valence-electron chi connectivity index (χ3n) is 16.2. The summed E-state index contributed by atoms with van der Waals surface area (Å²) in [4.78, 5) is 234. The second-order valence-electron chi connectivity index (χ2n) is 26.4. The van der Waals surface area contributed by atoms with Crippen molar-refractivity contribution in [1.29, 1.82) is 5.41 Å². The summed E-state index contributed by atoms with van der Waals surface area (Å²) < 4.78 is 0. The number of amides is 16. The van der Waals surface area contributed by atoms with Crippen molar-refractivity contribution in [2.75, 3.05) is 59.0 Å². The van der Waals surface area contributed by atoms with Crippen LogP contribution in [0.3, 0.4) is 0 Å². The summed E-state index contributed by atoms with van der Waals surface area (Å²) in [6.07, 6.45) is -1.60. The van der Waals surface area contributed by atoms with Crippen LogP contribution in [0.15, 0.2) is 54.6 Å². The molecule has 43 nitrogen and oxygen atoms in total. The molecule has 2 rings (SSSR count). The zero-order valence-corrected chi connectivity index (χ0v) is 62.8. The molecule has 2 aromatic carbocycles. The number of hydrogen-bond acceptors (Lipinski definition) is 23. The fourth-order valence-electron chi connectivity index (χ4n) is 10.3. The van der Waals surface area contributed by atoms with Gasteiger partial charge in [0, 0.05) is 25.8 Å². The number of aliphatic carboxylic acids is 2. The lowest BCUT2D eigenvalue weighted by Crippen LogP contribution is -2.60. The lowest BCUT2D eigenvalue weighted by atomic mass is 10.0. The van der Waals surface area contributed by atoms with Gasteiger partial charge >= 0.3 is 11.9 Å². The molecule has 0 aliphatic rings. The standard InChI is InChI=1S/C69H106N20O23/c1-6-11-42(81-53(96)30-76-59(102)41(70)26-36(2)3)60(103)78-32-55(98)83-44(21-23-50(71)93)61(104)79-31-54(97)82-43(14-10-25-74-69(72)73)64(107)88-49(35-91)66(109)89-58(37(4)5)67(110)86-45(22-24-57(100)101)62(105)80-33-56(99)85-48(34-90)63(106)77-28-51(94)75-29-52(95)84-47(27-39-12-8-7-9-13-39)65(108)87-46(68(111)112)20-17-38-15-18-40(92)19-16-38/h7-9,12-13,15-16,18-19,36-37,41-49,58,90-92H,6,10-11,14,17,20-35,70H2,1-5H3,(H2,71,93)(H,75,94)(H,76,102)(H,77,106)(H,78,103)(H,79,104)(H,80,105)(H,81,96)(H,82,97)(H,83,98)(H,84,95)(H,85,99)(H,86,110)(H,87,108)(H,88,107)(H,89,109)(H,100,101)(H,111,112)(H4,72,73,74). The van der Waals surface area contributed by atoms with Gasteiger partial charge in [0.25, 0.3) is 0 Å². The second kappa shape index (κ2) is 51.3. The SMILES string of the molecule is CCCC(NC(=O)CNC(=O)C(N)CC(C)C)C(=O)NCC(=O)NC(CCC(N)=O)C(=O)NCC(=O)NC(CCCNC(=N)N)C(=O)NC(CO)C(=O)NC(C(=O)NC(CCC(=O)O)C(=O)NCC(=O)NC(CO)C(=O)NCC(=O)NCC(=O)NC(Cc1ccccc1)C(=O)NC(CCc1ccc(O)cc1)C(=O)O)C(C)C. The highest BCUT2D eigenvalue weighted by Gasteiger charge is 2.35. The highest BCUT2D eigenvalue weighted by Crippen LogP contribution is 2.14. The van der Waals surface area contributed by atoms with Gasteiger partial charge in [-0.2, -0.15) is 0 Å². The fraction of sp³-hybridized carbons (Fsp3) is 0.551. The van der Waals surface area contributed by atoms with Crippen molar-refractivity contribution < 1.29 is 112 Å². The number of phenols is 1. The molecule has 620 valence electrons. The molecule has 43 heteroatoms. The Morgan fingerprint density at radius 2 is 0.830 bits per heavy atom. The number of rotatable bonds is 53. The first-order chi connectivity index (χ1) is 52.9. The molecule has 16 amide bonds. The molecular weight excluding hydrogens is 1480 g/mol. The number of carboxylic acid groups (broad SMARTS) is 2. The normalized spacial score (nSPS) is 13.5. The molecule has 0 aliphatic heterocycles. The van der Waals surface area contributed by atoms with E-state index in [-0.39, 0.29) is 56.7 Å². The topological polar surface area (TPSA) is 703 Å². The van der Waals surface area contributed by atoms with Gasteiger partial charge < -0.3 is 128 Å². The highest BCUT2D eigenvalue weighted by molar-refractivity contribution is 5.99. The predicted octanol–water partition coefficient (Wildman–Crippen LogP) is -9.08. The van der Waals surface area contributed by atoms with E-state index in [0.717, 1.165) is 0 Å². The molecule has 0 spiro atoms. The van der Waals surface area contributed by atoms with Crippen LogP contribution in [0.2, 0.25) is 0 Å². The molecule has 0 bridgehead atoms. The number of carbonyl (C=O) groups is 18. The number of phenolic OH excluding ortho intramolecular Hbond substituents is 1. The minimum absolute atomic E-state index is 0.000341. The molecule has 10 atom stereocenters. The average molecular weight is 1580 g/mol. The van der Waals surface area contributed by atoms with Gasteiger partial charge in [0.15, 0.2) is 5.96 Å². The molecular formula is C69H106N20O23. The third kappa shape index (κ3) is 39.3. The Morgan fingerprint density at radius 1 is 0.420 bits per heavy atom. The van der Waals surface area contributed by atoms with Crippen LogP contribution in [-0.2, 0) is 99.1 Å². The molecule has 0 heterocycles. The van der Waals surface area contributed by atoms with Gasteiger partial charge in [0.1, 0.15) is 60.1 Å². The van der Waals surface area contributed by atoms with E-state index in [1.165, 1.54) is 26.0 Å². The minimum atomic E-state index is -1.89. The summed E-state index contributed by atoms with van der Waals surface area (Å²) in [6.45, 7) is 1.31. The number of primary amides is 1. The fourth-order valence-corrected chi connectivity index (χ4v) is 10.3. The predicted molar refractivity (Wildman–Crippen MR) is 395 cm³/mol. The van der Waals surface area contributed by atoms with Gasteiger partial charge in [-0.25, -0.2) is 4.79 Å². The number of benzene rings is 2. The Kier molecular flexibility index (Phi) is 43.9. The molecule has 0 radical (unpaired) electrons. The summed E-state index contributed by atoms with van der Waals surface area (Å²) in [7, 11) is 0. The van der Waals surface area contributed by atoms with Crippen molar-refractivity contribution >= 4 is 112 Å². The van der Waals surface area contributed by atoms with E-state index in [0.29, 0.717) is 24.0 Å². The van der Waals surface area contributed by atoms with E-state index in [4.69, 9.17) is 22.6 Å². The monoisotopic (exact) mass is 1580 g/mol. The lowest BCUT2D eigenvalue weighted by Gasteiger charge is -2.27. The van der Waals surface area contributed by atoms with Crippen molar-refractivity contribution in [3.05, 3.63) is 65.7 Å². The quantitative estimate of drug-likeness (QED) is 0.0166. The Balaban J connectivity index is 2.10. The highest BCUT2D eigenvalue weighted by atomic mass is 16.4. The van der Waals surface area contributed by atoms with Gasteiger partial charge in [-0.05, 0) is 86.5 Å². The Labute approximate surface area is 644 Å². The number of aliphatic hydroxyl groups is 2. The van der Waals surface area contributed by atoms with Crippen molar-refractivity contribution in [3.63, 3.8) is 0 Å². The van der Waals surface area contributed by atoms with E-state index in [2.05, 4.69) is 85.1 Å². The zero-order chi connectivity index (χ0) is 84.2. The Hall–Kier alpha value is -12.2. The number of carboxylic acids is 2. The van der Waals surface area contributed by atoms with E-state index in [1.807, 2.05) is 13.8 Å². The Bertz CT molecular complexity index is 3570. The van der Waals surface area contributed by atoms with Gasteiger partial charge in [0.2, 0.25) is 94.5 Å².